The molecule has 30 heavy (non-hydrogen) atoms. The summed E-state index contributed by atoms with van der Waals surface area (Å²) in [6, 6.07) is 14.4. The fourth-order valence-electron chi connectivity index (χ4n) is 3.93. The number of rotatable bonds is 6. The van der Waals surface area contributed by atoms with Gasteiger partial charge in [0.2, 0.25) is 10.0 Å². The number of carbonyl (C=O) groups excluding carboxylic acids is 1. The molecule has 0 saturated carbocycles. The number of fused-ring (bicyclic) bond motifs is 1. The first-order chi connectivity index (χ1) is 14.5. The Morgan fingerprint density at radius 3 is 2.60 bits per heavy atom. The van der Waals surface area contributed by atoms with Crippen LogP contribution in [-0.4, -0.2) is 51.5 Å². The van der Waals surface area contributed by atoms with E-state index in [0.717, 1.165) is 19.3 Å². The van der Waals surface area contributed by atoms with Crippen LogP contribution in [0.5, 0.6) is 5.75 Å². The normalized spacial score (nSPS) is 19.7. The van der Waals surface area contributed by atoms with Crippen molar-refractivity contribution in [2.45, 2.75) is 30.2 Å². The second-order valence-electron chi connectivity index (χ2n) is 7.49. The molecule has 8 heteroatoms. The first-order valence-electron chi connectivity index (χ1n) is 10.2. The molecule has 1 saturated heterocycles. The smallest absolute Gasteiger partial charge is 0.258 e. The van der Waals surface area contributed by atoms with E-state index in [-0.39, 0.29) is 23.5 Å². The minimum Gasteiger partial charge on any atom is -0.484 e. The summed E-state index contributed by atoms with van der Waals surface area (Å²) in [4.78, 5) is 12.6. The number of benzene rings is 2. The van der Waals surface area contributed by atoms with Crippen molar-refractivity contribution < 1.29 is 22.7 Å². The molecule has 1 N–H and O–H groups in total. The zero-order valence-corrected chi connectivity index (χ0v) is 17.6. The van der Waals surface area contributed by atoms with Crippen molar-refractivity contribution >= 4 is 15.9 Å². The van der Waals surface area contributed by atoms with E-state index in [0.29, 0.717) is 32.1 Å². The van der Waals surface area contributed by atoms with Crippen molar-refractivity contribution in [3.8, 4) is 5.75 Å². The maximum absolute atomic E-state index is 12.7. The van der Waals surface area contributed by atoms with Gasteiger partial charge in [0.05, 0.1) is 24.2 Å². The predicted octanol–water partition coefficient (Wildman–Crippen LogP) is 2.28. The van der Waals surface area contributed by atoms with Gasteiger partial charge < -0.3 is 14.8 Å². The molecule has 2 aromatic rings. The Hall–Kier alpha value is -2.42. The van der Waals surface area contributed by atoms with E-state index < -0.39 is 10.0 Å². The van der Waals surface area contributed by atoms with Crippen LogP contribution in [0.4, 0.5) is 0 Å². The summed E-state index contributed by atoms with van der Waals surface area (Å²) in [5, 5.41) is 3.05. The van der Waals surface area contributed by atoms with Gasteiger partial charge in [0.1, 0.15) is 5.75 Å². The van der Waals surface area contributed by atoms with Gasteiger partial charge >= 0.3 is 0 Å². The number of morpholine rings is 1. The van der Waals surface area contributed by atoms with E-state index in [1.54, 1.807) is 12.1 Å². The molecule has 7 nitrogen and oxygen atoms in total. The standard InChI is InChI=1S/C22H26N2O5S/c25-22(23-21-7-3-5-17-4-1-2-6-20(17)21)16-29-18-8-10-19(11-9-18)30(26,27)24-12-14-28-15-13-24/h1-2,4,6,8-11,21H,3,5,7,12-16H2,(H,23,25)/t21-/m0/s1. The molecule has 0 aromatic heterocycles. The van der Waals surface area contributed by atoms with Gasteiger partial charge in [-0.1, -0.05) is 24.3 Å². The summed E-state index contributed by atoms with van der Waals surface area (Å²) >= 11 is 0. The topological polar surface area (TPSA) is 84.9 Å². The van der Waals surface area contributed by atoms with Crippen LogP contribution in [-0.2, 0) is 26.0 Å². The summed E-state index contributed by atoms with van der Waals surface area (Å²) in [6.45, 7) is 1.40. The first-order valence-corrected chi connectivity index (χ1v) is 11.7. The Labute approximate surface area is 177 Å². The molecule has 0 unspecified atom stereocenters. The first kappa shape index (κ1) is 20.8. The van der Waals surface area contributed by atoms with E-state index in [1.807, 2.05) is 12.1 Å². The lowest BCUT2D eigenvalue weighted by Gasteiger charge is -2.26. The van der Waals surface area contributed by atoms with Crippen LogP contribution < -0.4 is 10.1 Å². The van der Waals surface area contributed by atoms with Crippen LogP contribution in [0.2, 0.25) is 0 Å². The lowest BCUT2D eigenvalue weighted by molar-refractivity contribution is -0.124. The number of hydrogen-bond acceptors (Lipinski definition) is 5. The van der Waals surface area contributed by atoms with Gasteiger partial charge in [0, 0.05) is 13.1 Å². The van der Waals surface area contributed by atoms with E-state index in [1.165, 1.54) is 27.6 Å². The largest absolute Gasteiger partial charge is 0.484 e. The highest BCUT2D eigenvalue weighted by atomic mass is 32.2. The molecule has 1 aliphatic carbocycles. The van der Waals surface area contributed by atoms with Gasteiger partial charge in [0.15, 0.2) is 6.61 Å². The Kier molecular flexibility index (Phi) is 6.36. The number of carbonyl (C=O) groups is 1. The molecule has 2 aliphatic rings. The molecular formula is C22H26N2O5S. The number of nitrogens with zero attached hydrogens (tertiary/aromatic N) is 1. The molecule has 0 bridgehead atoms. The molecule has 0 spiro atoms. The third-order valence-corrected chi connectivity index (χ3v) is 7.42. The highest BCUT2D eigenvalue weighted by Gasteiger charge is 2.26. The quantitative estimate of drug-likeness (QED) is 0.760. The number of hydrogen-bond donors (Lipinski definition) is 1. The van der Waals surface area contributed by atoms with Crippen LogP contribution >= 0.6 is 0 Å². The summed E-state index contributed by atoms with van der Waals surface area (Å²) in [6.07, 6.45) is 3.00. The molecule has 1 heterocycles. The Morgan fingerprint density at radius 1 is 1.10 bits per heavy atom. The molecule has 0 radical (unpaired) electrons. The Bertz CT molecular complexity index is 985. The molecule has 1 fully saturated rings. The number of ether oxygens (including phenoxy) is 2. The maximum atomic E-state index is 12.7. The summed E-state index contributed by atoms with van der Waals surface area (Å²) < 4.78 is 37.5. The lowest BCUT2D eigenvalue weighted by atomic mass is 9.88. The second-order valence-corrected chi connectivity index (χ2v) is 9.43. The number of sulfonamides is 1. The number of aryl methyl sites for hydroxylation is 1. The maximum Gasteiger partial charge on any atom is 0.258 e. The van der Waals surface area contributed by atoms with E-state index >= 15 is 0 Å². The minimum atomic E-state index is -3.54. The number of amides is 1. The predicted molar refractivity (Wildman–Crippen MR) is 112 cm³/mol. The molecule has 4 rings (SSSR count). The van der Waals surface area contributed by atoms with Crippen molar-refractivity contribution in [2.75, 3.05) is 32.9 Å². The van der Waals surface area contributed by atoms with Gasteiger partial charge in [-0.05, 0) is 54.7 Å². The minimum absolute atomic E-state index is 0.00657. The Morgan fingerprint density at radius 2 is 1.83 bits per heavy atom. The average molecular weight is 431 g/mol. The second kappa shape index (κ2) is 9.16. The van der Waals surface area contributed by atoms with E-state index in [2.05, 4.69) is 17.4 Å². The fraction of sp³-hybridized carbons (Fsp3) is 0.409. The fourth-order valence-corrected chi connectivity index (χ4v) is 5.34. The molecule has 160 valence electrons. The van der Waals surface area contributed by atoms with Crippen LogP contribution in [0.25, 0.3) is 0 Å². The monoisotopic (exact) mass is 430 g/mol. The van der Waals surface area contributed by atoms with Crippen molar-refractivity contribution in [1.29, 1.82) is 0 Å². The number of nitrogens with one attached hydrogen (secondary N) is 1. The molecule has 1 amide bonds. The van der Waals surface area contributed by atoms with Crippen LogP contribution in [0.3, 0.4) is 0 Å². The van der Waals surface area contributed by atoms with Gasteiger partial charge in [-0.15, -0.1) is 0 Å². The van der Waals surface area contributed by atoms with Crippen molar-refractivity contribution in [3.05, 3.63) is 59.7 Å². The lowest BCUT2D eigenvalue weighted by Crippen LogP contribution is -2.40. The van der Waals surface area contributed by atoms with Gasteiger partial charge in [-0.25, -0.2) is 8.42 Å². The van der Waals surface area contributed by atoms with Crippen molar-refractivity contribution in [3.63, 3.8) is 0 Å². The van der Waals surface area contributed by atoms with Crippen LogP contribution in [0, 0.1) is 0 Å². The third-order valence-electron chi connectivity index (χ3n) is 5.51. The summed E-state index contributed by atoms with van der Waals surface area (Å²) in [5.74, 6) is 0.261. The van der Waals surface area contributed by atoms with E-state index in [9.17, 15) is 13.2 Å². The summed E-state index contributed by atoms with van der Waals surface area (Å²) in [7, 11) is -3.54. The van der Waals surface area contributed by atoms with E-state index in [4.69, 9.17) is 9.47 Å². The highest BCUT2D eigenvalue weighted by molar-refractivity contribution is 7.89. The molecule has 1 aliphatic heterocycles. The Balaban J connectivity index is 1.33. The third kappa shape index (κ3) is 4.66. The zero-order valence-electron chi connectivity index (χ0n) is 16.7. The zero-order chi connectivity index (χ0) is 21.0. The summed E-state index contributed by atoms with van der Waals surface area (Å²) in [5.41, 5.74) is 2.46. The molecular weight excluding hydrogens is 404 g/mol. The van der Waals surface area contributed by atoms with Crippen LogP contribution in [0.1, 0.15) is 30.0 Å². The van der Waals surface area contributed by atoms with Crippen LogP contribution in [0.15, 0.2) is 53.4 Å². The molecule has 1 atom stereocenters. The van der Waals surface area contributed by atoms with Gasteiger partial charge in [-0.3, -0.25) is 4.79 Å². The molecule has 2 aromatic carbocycles. The SMILES string of the molecule is O=C(COc1ccc(S(=O)(=O)N2CCOCC2)cc1)N[C@H]1CCCc2ccccc21. The average Bonchev–Trinajstić information content (AvgIpc) is 2.79. The van der Waals surface area contributed by atoms with Gasteiger partial charge in [0.25, 0.3) is 5.91 Å². The highest BCUT2D eigenvalue weighted by Crippen LogP contribution is 2.29. The van der Waals surface area contributed by atoms with Crippen molar-refractivity contribution in [2.24, 2.45) is 0 Å². The van der Waals surface area contributed by atoms with Gasteiger partial charge in [-0.2, -0.15) is 4.31 Å². The van der Waals surface area contributed by atoms with Crippen molar-refractivity contribution in [1.82, 2.24) is 9.62 Å².